The lowest BCUT2D eigenvalue weighted by molar-refractivity contribution is 0.569. The van der Waals surface area contributed by atoms with Gasteiger partial charge in [0.05, 0.1) is 4.90 Å². The summed E-state index contributed by atoms with van der Waals surface area (Å²) in [6.45, 7) is 1.55. The molecule has 2 rings (SSSR count). The lowest BCUT2D eigenvalue weighted by Gasteiger charge is -2.10. The van der Waals surface area contributed by atoms with Gasteiger partial charge in [-0.1, -0.05) is 12.1 Å². The minimum Gasteiger partial charge on any atom is -0.324 e. The van der Waals surface area contributed by atoms with Crippen LogP contribution >= 0.6 is 0 Å². The number of hydrogen-bond acceptors (Lipinski definition) is 4. The zero-order chi connectivity index (χ0) is 12.5. The smallest absolute Gasteiger partial charge is 0.175 e. The first kappa shape index (κ1) is 12.5. The third-order valence-corrected chi connectivity index (χ3v) is 4.18. The van der Waals surface area contributed by atoms with Crippen LogP contribution in [0.15, 0.2) is 29.2 Å². The molecule has 3 N–H and O–H groups in total. The fourth-order valence-electron chi connectivity index (χ4n) is 1.65. The summed E-state index contributed by atoms with van der Waals surface area (Å²) in [5, 5.41) is 3.29. The van der Waals surface area contributed by atoms with Crippen molar-refractivity contribution >= 4 is 9.84 Å². The maximum Gasteiger partial charge on any atom is 0.175 e. The van der Waals surface area contributed by atoms with E-state index in [0.717, 1.165) is 31.5 Å². The molecule has 0 unspecified atom stereocenters. The van der Waals surface area contributed by atoms with Crippen LogP contribution in [0.4, 0.5) is 0 Å². The third-order valence-electron chi connectivity index (χ3n) is 3.05. The predicted molar refractivity (Wildman–Crippen MR) is 67.4 cm³/mol. The monoisotopic (exact) mass is 254 g/mol. The average molecular weight is 254 g/mol. The molecule has 1 aliphatic carbocycles. The number of hydrogen-bond donors (Lipinski definition) is 2. The highest BCUT2D eigenvalue weighted by Gasteiger charge is 2.37. The molecule has 1 aliphatic rings. The molecule has 4 nitrogen and oxygen atoms in total. The summed E-state index contributed by atoms with van der Waals surface area (Å²) in [5.74, 6) is 0. The highest BCUT2D eigenvalue weighted by Crippen LogP contribution is 2.31. The van der Waals surface area contributed by atoms with Gasteiger partial charge in [0.25, 0.3) is 0 Å². The topological polar surface area (TPSA) is 72.2 Å². The standard InChI is InChI=1S/C12H18N2O2S/c1-17(15,16)11-4-2-10(3-5-11)8-14-9-12(13)6-7-12/h2-5,14H,6-9,13H2,1H3. The predicted octanol–water partition coefficient (Wildman–Crippen LogP) is 0.671. The molecule has 17 heavy (non-hydrogen) atoms. The summed E-state index contributed by atoms with van der Waals surface area (Å²) >= 11 is 0. The molecule has 0 saturated heterocycles. The zero-order valence-corrected chi connectivity index (χ0v) is 10.8. The summed E-state index contributed by atoms with van der Waals surface area (Å²) in [6, 6.07) is 6.95. The van der Waals surface area contributed by atoms with Gasteiger partial charge in [-0.25, -0.2) is 8.42 Å². The highest BCUT2D eigenvalue weighted by atomic mass is 32.2. The van der Waals surface area contributed by atoms with Gasteiger partial charge in [0.1, 0.15) is 0 Å². The maximum atomic E-state index is 11.3. The molecule has 0 heterocycles. The second-order valence-electron chi connectivity index (χ2n) is 4.88. The van der Waals surface area contributed by atoms with Crippen molar-refractivity contribution in [3.63, 3.8) is 0 Å². The van der Waals surface area contributed by atoms with Gasteiger partial charge in [-0.2, -0.15) is 0 Å². The Hall–Kier alpha value is -0.910. The molecule has 1 fully saturated rings. The van der Waals surface area contributed by atoms with Gasteiger partial charge in [0.2, 0.25) is 0 Å². The van der Waals surface area contributed by atoms with Crippen molar-refractivity contribution in [1.29, 1.82) is 0 Å². The van der Waals surface area contributed by atoms with Gasteiger partial charge >= 0.3 is 0 Å². The summed E-state index contributed by atoms with van der Waals surface area (Å²) < 4.78 is 22.5. The number of nitrogens with two attached hydrogens (primary N) is 1. The van der Waals surface area contributed by atoms with Crippen molar-refractivity contribution in [2.75, 3.05) is 12.8 Å². The Bertz CT molecular complexity index is 490. The first-order chi connectivity index (χ1) is 7.89. The maximum absolute atomic E-state index is 11.3. The summed E-state index contributed by atoms with van der Waals surface area (Å²) in [4.78, 5) is 0.360. The van der Waals surface area contributed by atoms with E-state index in [4.69, 9.17) is 5.73 Å². The zero-order valence-electron chi connectivity index (χ0n) is 9.94. The number of nitrogens with one attached hydrogen (secondary N) is 1. The van der Waals surface area contributed by atoms with Crippen LogP contribution in [-0.4, -0.2) is 26.8 Å². The fourth-order valence-corrected chi connectivity index (χ4v) is 2.28. The third kappa shape index (κ3) is 3.52. The van der Waals surface area contributed by atoms with E-state index < -0.39 is 9.84 Å². The molecule has 0 aromatic heterocycles. The van der Waals surface area contributed by atoms with Crippen molar-refractivity contribution in [1.82, 2.24) is 5.32 Å². The highest BCUT2D eigenvalue weighted by molar-refractivity contribution is 7.90. The molecular formula is C12H18N2O2S. The van der Waals surface area contributed by atoms with E-state index in [1.807, 2.05) is 12.1 Å². The van der Waals surface area contributed by atoms with E-state index in [1.54, 1.807) is 12.1 Å². The normalized spacial score (nSPS) is 18.0. The van der Waals surface area contributed by atoms with E-state index >= 15 is 0 Å². The van der Waals surface area contributed by atoms with Crippen molar-refractivity contribution in [3.05, 3.63) is 29.8 Å². The molecule has 0 radical (unpaired) electrons. The second kappa shape index (κ2) is 4.40. The molecule has 94 valence electrons. The van der Waals surface area contributed by atoms with Crippen LogP contribution in [0, 0.1) is 0 Å². The SMILES string of the molecule is CS(=O)(=O)c1ccc(CNCC2(N)CC2)cc1. The summed E-state index contributed by atoms with van der Waals surface area (Å²) in [5.41, 5.74) is 7.03. The van der Waals surface area contributed by atoms with Crippen molar-refractivity contribution < 1.29 is 8.42 Å². The molecule has 5 heteroatoms. The molecule has 1 saturated carbocycles. The van der Waals surface area contributed by atoms with Gasteiger partial charge in [0, 0.05) is 24.9 Å². The van der Waals surface area contributed by atoms with E-state index in [2.05, 4.69) is 5.32 Å². The van der Waals surface area contributed by atoms with Crippen LogP contribution in [0.5, 0.6) is 0 Å². The summed E-state index contributed by atoms with van der Waals surface area (Å²) in [7, 11) is -3.09. The van der Waals surface area contributed by atoms with E-state index in [0.29, 0.717) is 4.90 Å². The molecule has 1 aromatic carbocycles. The molecule has 0 amide bonds. The Labute approximate surface area is 102 Å². The Balaban J connectivity index is 1.89. The minimum absolute atomic E-state index is 0.00665. The quantitative estimate of drug-likeness (QED) is 0.810. The van der Waals surface area contributed by atoms with Gasteiger partial charge < -0.3 is 11.1 Å². The van der Waals surface area contributed by atoms with E-state index in [1.165, 1.54) is 6.26 Å². The van der Waals surface area contributed by atoms with Gasteiger partial charge in [-0.05, 0) is 30.5 Å². The van der Waals surface area contributed by atoms with Crippen LogP contribution in [0.1, 0.15) is 18.4 Å². The lowest BCUT2D eigenvalue weighted by atomic mass is 10.2. The number of sulfone groups is 1. The lowest BCUT2D eigenvalue weighted by Crippen LogP contribution is -2.35. The van der Waals surface area contributed by atoms with Gasteiger partial charge in [0.15, 0.2) is 9.84 Å². The number of rotatable bonds is 5. The van der Waals surface area contributed by atoms with Crippen molar-refractivity contribution in [2.45, 2.75) is 29.8 Å². The summed E-state index contributed by atoms with van der Waals surface area (Å²) in [6.07, 6.45) is 3.39. The van der Waals surface area contributed by atoms with Crippen molar-refractivity contribution in [3.8, 4) is 0 Å². The van der Waals surface area contributed by atoms with Crippen LogP contribution in [0.25, 0.3) is 0 Å². The van der Waals surface area contributed by atoms with Gasteiger partial charge in [-0.3, -0.25) is 0 Å². The van der Waals surface area contributed by atoms with Crippen LogP contribution < -0.4 is 11.1 Å². The Kier molecular flexibility index (Phi) is 3.25. The minimum atomic E-state index is -3.09. The first-order valence-corrected chi connectivity index (χ1v) is 7.57. The molecule has 1 aromatic rings. The van der Waals surface area contributed by atoms with Crippen LogP contribution in [0.2, 0.25) is 0 Å². The van der Waals surface area contributed by atoms with Crippen LogP contribution in [0.3, 0.4) is 0 Å². The Morgan fingerprint density at radius 1 is 1.29 bits per heavy atom. The Morgan fingerprint density at radius 2 is 1.88 bits per heavy atom. The first-order valence-electron chi connectivity index (χ1n) is 5.68. The van der Waals surface area contributed by atoms with E-state index in [-0.39, 0.29) is 5.54 Å². The Morgan fingerprint density at radius 3 is 2.35 bits per heavy atom. The van der Waals surface area contributed by atoms with E-state index in [9.17, 15) is 8.42 Å². The molecule has 0 bridgehead atoms. The fraction of sp³-hybridized carbons (Fsp3) is 0.500. The van der Waals surface area contributed by atoms with Crippen molar-refractivity contribution in [2.24, 2.45) is 5.73 Å². The molecule has 0 aliphatic heterocycles. The second-order valence-corrected chi connectivity index (χ2v) is 6.90. The largest absolute Gasteiger partial charge is 0.324 e. The van der Waals surface area contributed by atoms with Crippen LogP contribution in [-0.2, 0) is 16.4 Å². The number of benzene rings is 1. The molecule has 0 spiro atoms. The molecular weight excluding hydrogens is 236 g/mol. The van der Waals surface area contributed by atoms with Gasteiger partial charge in [-0.15, -0.1) is 0 Å². The average Bonchev–Trinajstić information content (AvgIpc) is 2.96. The molecule has 0 atom stereocenters.